The molecule has 0 radical (unpaired) electrons. The Morgan fingerprint density at radius 1 is 0.972 bits per heavy atom. The third kappa shape index (κ3) is 5.96. The molecule has 0 saturated heterocycles. The van der Waals surface area contributed by atoms with Crippen LogP contribution < -0.4 is 9.47 Å². The molecule has 186 valence electrons. The van der Waals surface area contributed by atoms with E-state index in [0.717, 1.165) is 52.6 Å². The van der Waals surface area contributed by atoms with Crippen LogP contribution in [0.2, 0.25) is 0 Å². The van der Waals surface area contributed by atoms with E-state index in [0.29, 0.717) is 19.1 Å². The molecule has 4 aromatic rings. The van der Waals surface area contributed by atoms with Crippen LogP contribution >= 0.6 is 0 Å². The number of aliphatic hydroxyl groups excluding tert-OH is 1. The van der Waals surface area contributed by atoms with E-state index in [4.69, 9.17) is 14.6 Å². The van der Waals surface area contributed by atoms with Crippen LogP contribution in [0.5, 0.6) is 17.4 Å². The number of para-hydroxylation sites is 1. The maximum atomic E-state index is 10.8. The van der Waals surface area contributed by atoms with Crippen molar-refractivity contribution in [2.75, 3.05) is 13.2 Å². The van der Waals surface area contributed by atoms with Crippen LogP contribution in [0.25, 0.3) is 11.3 Å². The monoisotopic (exact) mass is 483 g/mol. The molecule has 0 unspecified atom stereocenters. The van der Waals surface area contributed by atoms with Crippen molar-refractivity contribution < 1.29 is 14.6 Å². The molecule has 1 atom stereocenters. The zero-order valence-electron chi connectivity index (χ0n) is 20.9. The van der Waals surface area contributed by atoms with Gasteiger partial charge in [-0.25, -0.2) is 4.68 Å². The number of nitrogens with zero attached hydrogens (tertiary/aromatic N) is 3. The van der Waals surface area contributed by atoms with Crippen LogP contribution in [0, 0.1) is 6.92 Å². The zero-order chi connectivity index (χ0) is 24.9. The van der Waals surface area contributed by atoms with Crippen molar-refractivity contribution in [2.24, 2.45) is 7.05 Å². The second kappa shape index (κ2) is 11.0. The lowest BCUT2D eigenvalue weighted by atomic mass is 10.1. The molecule has 1 aliphatic rings. The summed E-state index contributed by atoms with van der Waals surface area (Å²) >= 11 is 0. The Morgan fingerprint density at radius 3 is 2.36 bits per heavy atom. The Balaban J connectivity index is 1.40. The highest BCUT2D eigenvalue weighted by atomic mass is 16.5. The van der Waals surface area contributed by atoms with Crippen molar-refractivity contribution in [1.82, 2.24) is 14.7 Å². The minimum absolute atomic E-state index is 0.248. The lowest BCUT2D eigenvalue weighted by Gasteiger charge is -2.25. The van der Waals surface area contributed by atoms with E-state index < -0.39 is 6.10 Å². The molecule has 0 bridgehead atoms. The van der Waals surface area contributed by atoms with E-state index in [-0.39, 0.29) is 6.61 Å². The summed E-state index contributed by atoms with van der Waals surface area (Å²) in [6, 6.07) is 28.3. The summed E-state index contributed by atoms with van der Waals surface area (Å²) in [5.74, 6) is 2.27. The van der Waals surface area contributed by atoms with Gasteiger partial charge in [-0.3, -0.25) is 4.90 Å². The van der Waals surface area contributed by atoms with Crippen molar-refractivity contribution in [3.8, 4) is 28.6 Å². The summed E-state index contributed by atoms with van der Waals surface area (Å²) in [4.78, 5) is 2.34. The van der Waals surface area contributed by atoms with Crippen molar-refractivity contribution in [3.63, 3.8) is 0 Å². The minimum Gasteiger partial charge on any atom is -0.491 e. The van der Waals surface area contributed by atoms with Gasteiger partial charge in [-0.2, -0.15) is 5.10 Å². The SMILES string of the molecule is Cc1cccc(Oc2c(CN(C[C@H](O)COc3ccccc3)C3CC3)c(-c3ccccc3)nn2C)c1. The molecule has 6 heteroatoms. The summed E-state index contributed by atoms with van der Waals surface area (Å²) in [6.45, 7) is 3.45. The first-order valence-corrected chi connectivity index (χ1v) is 12.5. The van der Waals surface area contributed by atoms with Gasteiger partial charge in [-0.1, -0.05) is 60.7 Å². The molecule has 1 saturated carbocycles. The molecule has 0 spiro atoms. The number of ether oxygens (including phenoxy) is 2. The molecule has 1 fully saturated rings. The van der Waals surface area contributed by atoms with Gasteiger partial charge in [-0.05, 0) is 49.6 Å². The van der Waals surface area contributed by atoms with Crippen LogP contribution in [0.1, 0.15) is 24.0 Å². The molecular formula is C30H33N3O3. The van der Waals surface area contributed by atoms with Gasteiger partial charge in [-0.15, -0.1) is 0 Å². The van der Waals surface area contributed by atoms with Gasteiger partial charge in [0.1, 0.15) is 29.9 Å². The topological polar surface area (TPSA) is 59.8 Å². The fourth-order valence-corrected chi connectivity index (χ4v) is 4.46. The summed E-state index contributed by atoms with van der Waals surface area (Å²) in [5, 5.41) is 15.7. The average Bonchev–Trinajstić information content (AvgIpc) is 3.70. The van der Waals surface area contributed by atoms with Crippen molar-refractivity contribution >= 4 is 0 Å². The first kappa shape index (κ1) is 24.1. The molecule has 1 heterocycles. The van der Waals surface area contributed by atoms with Crippen LogP contribution in [0.3, 0.4) is 0 Å². The quantitative estimate of drug-likeness (QED) is 0.301. The van der Waals surface area contributed by atoms with E-state index >= 15 is 0 Å². The number of hydrogen-bond acceptors (Lipinski definition) is 5. The van der Waals surface area contributed by atoms with Crippen LogP contribution in [0.15, 0.2) is 84.9 Å². The van der Waals surface area contributed by atoms with E-state index in [1.54, 1.807) is 0 Å². The molecule has 0 amide bonds. The standard InChI is InChI=1S/C30H33N3O3/c1-22-10-9-15-27(18-22)36-30-28(29(31-32(30)2)23-11-5-3-6-12-23)20-33(24-16-17-24)19-25(34)21-35-26-13-7-4-8-14-26/h3-15,18,24-25,34H,16-17,19-21H2,1-2H3/t25-/m0/s1. The van der Waals surface area contributed by atoms with Gasteiger partial charge in [0.25, 0.3) is 0 Å². The highest BCUT2D eigenvalue weighted by Gasteiger charge is 2.33. The predicted molar refractivity (Wildman–Crippen MR) is 141 cm³/mol. The summed E-state index contributed by atoms with van der Waals surface area (Å²) < 4.78 is 14.1. The van der Waals surface area contributed by atoms with Gasteiger partial charge in [0.2, 0.25) is 5.88 Å². The van der Waals surface area contributed by atoms with Gasteiger partial charge in [0, 0.05) is 31.7 Å². The van der Waals surface area contributed by atoms with Gasteiger partial charge >= 0.3 is 0 Å². The van der Waals surface area contributed by atoms with Gasteiger partial charge < -0.3 is 14.6 Å². The van der Waals surface area contributed by atoms with Gasteiger partial charge in [0.05, 0.1) is 5.56 Å². The minimum atomic E-state index is -0.608. The van der Waals surface area contributed by atoms with E-state index in [9.17, 15) is 5.11 Å². The normalized spacial score (nSPS) is 14.1. The zero-order valence-corrected chi connectivity index (χ0v) is 20.9. The molecule has 1 aromatic heterocycles. The number of aromatic nitrogens is 2. The number of hydrogen-bond donors (Lipinski definition) is 1. The van der Waals surface area contributed by atoms with Crippen molar-refractivity contribution in [2.45, 2.75) is 38.5 Å². The van der Waals surface area contributed by atoms with Crippen LogP contribution in [0.4, 0.5) is 0 Å². The van der Waals surface area contributed by atoms with E-state index in [1.807, 2.05) is 78.5 Å². The predicted octanol–water partition coefficient (Wildman–Crippen LogP) is 5.59. The molecule has 3 aromatic carbocycles. The fraction of sp³-hybridized carbons (Fsp3) is 0.300. The second-order valence-electron chi connectivity index (χ2n) is 9.48. The Hall–Kier alpha value is -3.61. The van der Waals surface area contributed by atoms with E-state index in [2.05, 4.69) is 30.0 Å². The first-order chi connectivity index (χ1) is 17.6. The number of benzene rings is 3. The van der Waals surface area contributed by atoms with Crippen molar-refractivity contribution in [3.05, 3.63) is 96.1 Å². The second-order valence-corrected chi connectivity index (χ2v) is 9.48. The molecule has 1 N–H and O–H groups in total. The number of rotatable bonds is 11. The molecule has 6 nitrogen and oxygen atoms in total. The summed E-state index contributed by atoms with van der Waals surface area (Å²) in [7, 11) is 1.92. The molecule has 5 rings (SSSR count). The highest BCUT2D eigenvalue weighted by molar-refractivity contribution is 5.65. The third-order valence-electron chi connectivity index (χ3n) is 6.39. The van der Waals surface area contributed by atoms with Crippen molar-refractivity contribution in [1.29, 1.82) is 0 Å². The Bertz CT molecular complexity index is 1270. The summed E-state index contributed by atoms with van der Waals surface area (Å²) in [6.07, 6.45) is 1.64. The Labute approximate surface area is 212 Å². The number of aliphatic hydroxyl groups is 1. The van der Waals surface area contributed by atoms with Crippen LogP contribution in [-0.2, 0) is 13.6 Å². The lowest BCUT2D eigenvalue weighted by molar-refractivity contribution is 0.0624. The smallest absolute Gasteiger partial charge is 0.222 e. The first-order valence-electron chi connectivity index (χ1n) is 12.5. The highest BCUT2D eigenvalue weighted by Crippen LogP contribution is 2.37. The number of aryl methyl sites for hydroxylation is 2. The maximum Gasteiger partial charge on any atom is 0.222 e. The fourth-order valence-electron chi connectivity index (χ4n) is 4.46. The Morgan fingerprint density at radius 2 is 1.67 bits per heavy atom. The van der Waals surface area contributed by atoms with E-state index in [1.165, 1.54) is 0 Å². The molecular weight excluding hydrogens is 450 g/mol. The Kier molecular flexibility index (Phi) is 7.35. The summed E-state index contributed by atoms with van der Waals surface area (Å²) in [5.41, 5.74) is 4.11. The lowest BCUT2D eigenvalue weighted by Crippen LogP contribution is -2.36. The molecule has 36 heavy (non-hydrogen) atoms. The average molecular weight is 484 g/mol. The van der Waals surface area contributed by atoms with Gasteiger partial charge in [0.15, 0.2) is 0 Å². The maximum absolute atomic E-state index is 10.8. The third-order valence-corrected chi connectivity index (χ3v) is 6.39. The molecule has 0 aliphatic heterocycles. The molecule has 1 aliphatic carbocycles. The van der Waals surface area contributed by atoms with Crippen LogP contribution in [-0.4, -0.2) is 45.1 Å². The largest absolute Gasteiger partial charge is 0.491 e.